The highest BCUT2D eigenvalue weighted by Gasteiger charge is 2.29. The summed E-state index contributed by atoms with van der Waals surface area (Å²) in [6.07, 6.45) is 1.27. The summed E-state index contributed by atoms with van der Waals surface area (Å²) in [6.45, 7) is 4.95. The van der Waals surface area contributed by atoms with E-state index in [1.165, 1.54) is 0 Å². The number of aryl methyl sites for hydroxylation is 2. The van der Waals surface area contributed by atoms with Crippen molar-refractivity contribution in [3.05, 3.63) is 41.3 Å². The lowest BCUT2D eigenvalue weighted by Gasteiger charge is -2.31. The number of carbonyl (C=O) groups excluding carboxylic acids is 2. The largest absolute Gasteiger partial charge is 0.466 e. The predicted octanol–water partition coefficient (Wildman–Crippen LogP) is 3.12. The Labute approximate surface area is 157 Å². The van der Waals surface area contributed by atoms with Crippen LogP contribution in [-0.2, 0) is 4.79 Å². The Bertz CT molecular complexity index is 880. The molecule has 0 aliphatic carbocycles. The molecule has 0 unspecified atom stereocenters. The maximum absolute atomic E-state index is 12.6. The van der Waals surface area contributed by atoms with E-state index in [4.69, 9.17) is 13.9 Å². The molecule has 1 saturated heterocycles. The van der Waals surface area contributed by atoms with E-state index in [2.05, 4.69) is 5.32 Å². The van der Waals surface area contributed by atoms with E-state index in [1.54, 1.807) is 36.1 Å². The number of likely N-dealkylation sites (tertiary alicyclic amines) is 1. The van der Waals surface area contributed by atoms with E-state index in [1.807, 2.05) is 6.92 Å². The third-order valence-corrected chi connectivity index (χ3v) is 5.06. The number of hydrogen-bond acceptors (Lipinski definition) is 5. The molecular formula is C20H22N2O5. The monoisotopic (exact) mass is 370 g/mol. The zero-order chi connectivity index (χ0) is 19.0. The Hall–Kier alpha value is -2.96. The van der Waals surface area contributed by atoms with Gasteiger partial charge in [-0.2, -0.15) is 0 Å². The first-order valence-electron chi connectivity index (χ1n) is 9.08. The standard InChI is InChI=1S/C20H22N2O5/c1-12-9-16(13(2)27-12)20(24)22-7-5-14(6-8-22)19(23)21-15-3-4-17-18(10-15)26-11-25-17/h3-4,9-10,14H,5-8,11H2,1-2H3,(H,21,23). The zero-order valence-corrected chi connectivity index (χ0v) is 15.4. The fourth-order valence-corrected chi connectivity index (χ4v) is 3.58. The van der Waals surface area contributed by atoms with Gasteiger partial charge in [0, 0.05) is 30.8 Å². The molecule has 27 heavy (non-hydrogen) atoms. The molecule has 1 fully saturated rings. The smallest absolute Gasteiger partial charge is 0.257 e. The van der Waals surface area contributed by atoms with Gasteiger partial charge in [-0.05, 0) is 44.9 Å². The van der Waals surface area contributed by atoms with Gasteiger partial charge in [0.1, 0.15) is 11.5 Å². The number of nitrogens with zero attached hydrogens (tertiary/aromatic N) is 1. The van der Waals surface area contributed by atoms with Crippen LogP contribution in [0.3, 0.4) is 0 Å². The van der Waals surface area contributed by atoms with Crippen molar-refractivity contribution in [3.63, 3.8) is 0 Å². The fraction of sp³-hybridized carbons (Fsp3) is 0.400. The van der Waals surface area contributed by atoms with Gasteiger partial charge >= 0.3 is 0 Å². The lowest BCUT2D eigenvalue weighted by molar-refractivity contribution is -0.121. The number of amides is 2. The lowest BCUT2D eigenvalue weighted by Crippen LogP contribution is -2.41. The van der Waals surface area contributed by atoms with Crippen molar-refractivity contribution in [2.75, 3.05) is 25.2 Å². The molecule has 2 amide bonds. The quantitative estimate of drug-likeness (QED) is 0.898. The molecule has 7 nitrogen and oxygen atoms in total. The lowest BCUT2D eigenvalue weighted by atomic mass is 9.95. The van der Waals surface area contributed by atoms with Gasteiger partial charge in [-0.1, -0.05) is 0 Å². The number of benzene rings is 1. The maximum Gasteiger partial charge on any atom is 0.257 e. The first-order chi connectivity index (χ1) is 13.0. The minimum atomic E-state index is -0.119. The van der Waals surface area contributed by atoms with Crippen LogP contribution in [0.4, 0.5) is 5.69 Å². The average Bonchev–Trinajstić information content (AvgIpc) is 3.26. The van der Waals surface area contributed by atoms with Gasteiger partial charge in [-0.3, -0.25) is 9.59 Å². The van der Waals surface area contributed by atoms with Gasteiger partial charge in [-0.15, -0.1) is 0 Å². The summed E-state index contributed by atoms with van der Waals surface area (Å²) in [7, 11) is 0. The molecule has 0 saturated carbocycles. The molecule has 2 aliphatic heterocycles. The van der Waals surface area contributed by atoms with Crippen LogP contribution in [0, 0.1) is 19.8 Å². The molecule has 0 bridgehead atoms. The van der Waals surface area contributed by atoms with Crippen LogP contribution in [0.15, 0.2) is 28.7 Å². The second-order valence-corrected chi connectivity index (χ2v) is 6.95. The number of rotatable bonds is 3. The number of piperidine rings is 1. The topological polar surface area (TPSA) is 81.0 Å². The van der Waals surface area contributed by atoms with E-state index in [-0.39, 0.29) is 24.5 Å². The molecule has 4 rings (SSSR count). The molecule has 3 heterocycles. The van der Waals surface area contributed by atoms with Crippen LogP contribution in [0.1, 0.15) is 34.7 Å². The number of hydrogen-bond donors (Lipinski definition) is 1. The summed E-state index contributed by atoms with van der Waals surface area (Å²) < 4.78 is 16.1. The molecule has 1 N–H and O–H groups in total. The molecule has 7 heteroatoms. The molecule has 0 spiro atoms. The van der Waals surface area contributed by atoms with Crippen molar-refractivity contribution in [3.8, 4) is 11.5 Å². The summed E-state index contributed by atoms with van der Waals surface area (Å²) in [6, 6.07) is 7.13. The van der Waals surface area contributed by atoms with Crippen molar-refractivity contribution in [1.29, 1.82) is 0 Å². The third kappa shape index (κ3) is 3.49. The first kappa shape index (κ1) is 17.5. The molecule has 2 aromatic rings. The third-order valence-electron chi connectivity index (χ3n) is 5.06. The normalized spacial score (nSPS) is 16.4. The number of carbonyl (C=O) groups is 2. The molecular weight excluding hydrogens is 348 g/mol. The fourth-order valence-electron chi connectivity index (χ4n) is 3.58. The average molecular weight is 370 g/mol. The van der Waals surface area contributed by atoms with Gasteiger partial charge in [0.15, 0.2) is 11.5 Å². The van der Waals surface area contributed by atoms with Crippen molar-refractivity contribution >= 4 is 17.5 Å². The van der Waals surface area contributed by atoms with Crippen LogP contribution in [0.5, 0.6) is 11.5 Å². The summed E-state index contributed by atoms with van der Waals surface area (Å²) in [5, 5.41) is 2.94. The zero-order valence-electron chi connectivity index (χ0n) is 15.4. The number of anilines is 1. The Balaban J connectivity index is 1.34. The summed E-state index contributed by atoms with van der Waals surface area (Å²) in [5.74, 6) is 2.51. The van der Waals surface area contributed by atoms with Gasteiger partial charge in [0.25, 0.3) is 5.91 Å². The second-order valence-electron chi connectivity index (χ2n) is 6.95. The van der Waals surface area contributed by atoms with E-state index in [9.17, 15) is 9.59 Å². The number of furan rings is 1. The van der Waals surface area contributed by atoms with Crippen LogP contribution < -0.4 is 14.8 Å². The summed E-state index contributed by atoms with van der Waals surface area (Å²) in [5.41, 5.74) is 1.29. The molecule has 1 aromatic heterocycles. The Morgan fingerprint density at radius 3 is 2.52 bits per heavy atom. The molecule has 0 atom stereocenters. The van der Waals surface area contributed by atoms with E-state index < -0.39 is 0 Å². The molecule has 142 valence electrons. The van der Waals surface area contributed by atoms with Crippen LogP contribution in [-0.4, -0.2) is 36.6 Å². The van der Waals surface area contributed by atoms with Crippen molar-refractivity contribution in [1.82, 2.24) is 4.90 Å². The Morgan fingerprint density at radius 1 is 1.07 bits per heavy atom. The van der Waals surface area contributed by atoms with Crippen LogP contribution >= 0.6 is 0 Å². The predicted molar refractivity (Wildman–Crippen MR) is 98.0 cm³/mol. The number of nitrogens with one attached hydrogen (secondary N) is 1. The summed E-state index contributed by atoms with van der Waals surface area (Å²) >= 11 is 0. The van der Waals surface area contributed by atoms with Crippen LogP contribution in [0.2, 0.25) is 0 Å². The van der Waals surface area contributed by atoms with E-state index in [0.29, 0.717) is 54.4 Å². The van der Waals surface area contributed by atoms with Crippen molar-refractivity contribution in [2.24, 2.45) is 5.92 Å². The second kappa shape index (κ2) is 6.98. The van der Waals surface area contributed by atoms with E-state index in [0.717, 1.165) is 5.76 Å². The van der Waals surface area contributed by atoms with E-state index >= 15 is 0 Å². The maximum atomic E-state index is 12.6. The van der Waals surface area contributed by atoms with Crippen molar-refractivity contribution < 1.29 is 23.5 Å². The first-order valence-corrected chi connectivity index (χ1v) is 9.08. The van der Waals surface area contributed by atoms with Gasteiger partial charge in [0.05, 0.1) is 5.56 Å². The molecule has 0 radical (unpaired) electrons. The highest BCUT2D eigenvalue weighted by Crippen LogP contribution is 2.34. The number of ether oxygens (including phenoxy) is 2. The SMILES string of the molecule is Cc1cc(C(=O)N2CCC(C(=O)Nc3ccc4c(c3)OCO4)CC2)c(C)o1. The summed E-state index contributed by atoms with van der Waals surface area (Å²) in [4.78, 5) is 27.0. The number of fused-ring (bicyclic) bond motifs is 1. The Morgan fingerprint density at radius 2 is 1.81 bits per heavy atom. The highest BCUT2D eigenvalue weighted by molar-refractivity contribution is 5.96. The van der Waals surface area contributed by atoms with Crippen molar-refractivity contribution in [2.45, 2.75) is 26.7 Å². The van der Waals surface area contributed by atoms with Crippen LogP contribution in [0.25, 0.3) is 0 Å². The van der Waals surface area contributed by atoms with Gasteiger partial charge < -0.3 is 24.1 Å². The van der Waals surface area contributed by atoms with Gasteiger partial charge in [0.2, 0.25) is 12.7 Å². The molecule has 2 aliphatic rings. The molecule has 1 aromatic carbocycles. The minimum Gasteiger partial charge on any atom is -0.466 e. The van der Waals surface area contributed by atoms with Gasteiger partial charge in [-0.25, -0.2) is 0 Å². The Kier molecular flexibility index (Phi) is 4.51. The highest BCUT2D eigenvalue weighted by atomic mass is 16.7. The minimum absolute atomic E-state index is 0.0287.